The molecule has 2 rings (SSSR count). The summed E-state index contributed by atoms with van der Waals surface area (Å²) in [6.45, 7) is -0.771. The molecule has 10 heteroatoms. The molecule has 0 fully saturated rings. The second-order valence-electron chi connectivity index (χ2n) is 5.38. The minimum atomic E-state index is -4.29. The number of hydrogen-bond donors (Lipinski definition) is 3. The van der Waals surface area contributed by atoms with Crippen LogP contribution < -0.4 is 10.0 Å². The number of hydrogen-bond acceptors (Lipinski definition) is 5. The van der Waals surface area contributed by atoms with Crippen LogP contribution in [-0.4, -0.2) is 38.2 Å². The number of carbonyl (C=O) groups excluding carboxylic acids is 1. The van der Waals surface area contributed by atoms with E-state index in [9.17, 15) is 22.4 Å². The number of nitrogens with one attached hydrogen (secondary N) is 2. The first-order valence-electron chi connectivity index (χ1n) is 7.74. The number of amides is 1. The SMILES string of the molecule is O=C(NC(CNS(=O)(=O)c1ccccc1F)C(=O)O)OCc1ccccc1. The molecule has 2 aromatic rings. The maximum atomic E-state index is 13.6. The molecule has 0 spiro atoms. The van der Waals surface area contributed by atoms with Crippen molar-refractivity contribution in [3.63, 3.8) is 0 Å². The summed E-state index contributed by atoms with van der Waals surface area (Å²) < 4.78 is 44.6. The van der Waals surface area contributed by atoms with Crippen molar-refractivity contribution < 1.29 is 32.2 Å². The molecule has 3 N–H and O–H groups in total. The van der Waals surface area contributed by atoms with Gasteiger partial charge in [0.2, 0.25) is 10.0 Å². The Balaban J connectivity index is 1.94. The predicted octanol–water partition coefficient (Wildman–Crippen LogP) is 1.48. The highest BCUT2D eigenvalue weighted by Gasteiger charge is 2.25. The first kappa shape index (κ1) is 20.3. The van der Waals surface area contributed by atoms with E-state index in [4.69, 9.17) is 9.84 Å². The summed E-state index contributed by atoms with van der Waals surface area (Å²) in [4.78, 5) is 22.4. The molecule has 0 radical (unpaired) electrons. The smallest absolute Gasteiger partial charge is 0.408 e. The molecule has 0 saturated carbocycles. The molecule has 27 heavy (non-hydrogen) atoms. The van der Waals surface area contributed by atoms with Gasteiger partial charge >= 0.3 is 12.1 Å². The van der Waals surface area contributed by atoms with E-state index in [2.05, 4.69) is 0 Å². The second kappa shape index (κ2) is 9.10. The van der Waals surface area contributed by atoms with Gasteiger partial charge in [-0.2, -0.15) is 0 Å². The summed E-state index contributed by atoms with van der Waals surface area (Å²) in [6.07, 6.45) is -1.03. The van der Waals surface area contributed by atoms with Crippen LogP contribution in [0.5, 0.6) is 0 Å². The standard InChI is InChI=1S/C17H17FN2O6S/c18-13-8-4-5-9-15(13)27(24,25)19-10-14(16(21)22)20-17(23)26-11-12-6-2-1-3-7-12/h1-9,14,19H,10-11H2,(H,20,23)(H,21,22). The van der Waals surface area contributed by atoms with E-state index in [-0.39, 0.29) is 6.61 Å². The lowest BCUT2D eigenvalue weighted by atomic mass is 10.2. The van der Waals surface area contributed by atoms with Gasteiger partial charge in [-0.3, -0.25) is 0 Å². The van der Waals surface area contributed by atoms with Crippen LogP contribution in [0, 0.1) is 5.82 Å². The highest BCUT2D eigenvalue weighted by molar-refractivity contribution is 7.89. The Morgan fingerprint density at radius 3 is 2.33 bits per heavy atom. The van der Waals surface area contributed by atoms with E-state index in [0.717, 1.165) is 12.1 Å². The molecule has 8 nitrogen and oxygen atoms in total. The lowest BCUT2D eigenvalue weighted by Gasteiger charge is -2.15. The number of aliphatic carboxylic acids is 1. The fourth-order valence-corrected chi connectivity index (χ4v) is 3.16. The summed E-state index contributed by atoms with van der Waals surface area (Å²) in [5.74, 6) is -2.46. The van der Waals surface area contributed by atoms with Crippen LogP contribution in [0.1, 0.15) is 5.56 Å². The Hall–Kier alpha value is -2.98. The average molecular weight is 396 g/mol. The summed E-state index contributed by atoms with van der Waals surface area (Å²) >= 11 is 0. The first-order valence-corrected chi connectivity index (χ1v) is 9.22. The van der Waals surface area contributed by atoms with Gasteiger partial charge < -0.3 is 15.2 Å². The molecule has 0 aliphatic heterocycles. The van der Waals surface area contributed by atoms with E-state index >= 15 is 0 Å². The van der Waals surface area contributed by atoms with Crippen molar-refractivity contribution in [1.29, 1.82) is 0 Å². The predicted molar refractivity (Wildman–Crippen MR) is 92.8 cm³/mol. The highest BCUT2D eigenvalue weighted by atomic mass is 32.2. The minimum absolute atomic E-state index is 0.0834. The third-order valence-corrected chi connectivity index (χ3v) is 4.86. The van der Waals surface area contributed by atoms with Gasteiger partial charge in [0.15, 0.2) is 0 Å². The van der Waals surface area contributed by atoms with Gasteiger partial charge in [-0.1, -0.05) is 42.5 Å². The largest absolute Gasteiger partial charge is 0.480 e. The average Bonchev–Trinajstić information content (AvgIpc) is 2.64. The molecule has 0 aromatic heterocycles. The molecular weight excluding hydrogens is 379 g/mol. The van der Waals surface area contributed by atoms with Gasteiger partial charge in [0.25, 0.3) is 0 Å². The molecule has 1 amide bonds. The Morgan fingerprint density at radius 2 is 1.70 bits per heavy atom. The molecule has 0 bridgehead atoms. The normalized spacial score (nSPS) is 12.2. The topological polar surface area (TPSA) is 122 Å². The number of rotatable bonds is 8. The third kappa shape index (κ3) is 6.04. The van der Waals surface area contributed by atoms with Crippen LogP contribution >= 0.6 is 0 Å². The Labute approximate surface area is 155 Å². The molecule has 0 saturated heterocycles. The number of halogens is 1. The fourth-order valence-electron chi connectivity index (χ4n) is 2.04. The van der Waals surface area contributed by atoms with Gasteiger partial charge in [0.1, 0.15) is 23.4 Å². The van der Waals surface area contributed by atoms with Crippen molar-refractivity contribution in [2.45, 2.75) is 17.5 Å². The van der Waals surface area contributed by atoms with Crippen molar-refractivity contribution >= 4 is 22.1 Å². The molecule has 1 atom stereocenters. The zero-order valence-electron chi connectivity index (χ0n) is 14.0. The Bertz CT molecular complexity index is 905. The van der Waals surface area contributed by atoms with Gasteiger partial charge in [-0.25, -0.2) is 27.1 Å². The van der Waals surface area contributed by atoms with Crippen LogP contribution in [0.15, 0.2) is 59.5 Å². The van der Waals surface area contributed by atoms with Crippen LogP contribution in [0.4, 0.5) is 9.18 Å². The lowest BCUT2D eigenvalue weighted by Crippen LogP contribution is -2.48. The van der Waals surface area contributed by atoms with E-state index in [1.54, 1.807) is 30.3 Å². The number of carboxylic acids is 1. The number of carboxylic acid groups (broad SMARTS) is 1. The fraction of sp³-hybridized carbons (Fsp3) is 0.176. The van der Waals surface area contributed by atoms with Crippen LogP contribution in [0.25, 0.3) is 0 Å². The maximum absolute atomic E-state index is 13.6. The highest BCUT2D eigenvalue weighted by Crippen LogP contribution is 2.12. The Morgan fingerprint density at radius 1 is 1.07 bits per heavy atom. The molecular formula is C17H17FN2O6S. The zero-order chi connectivity index (χ0) is 19.9. The first-order chi connectivity index (χ1) is 12.8. The Kier molecular flexibility index (Phi) is 6.85. The number of benzene rings is 2. The number of ether oxygens (including phenoxy) is 1. The van der Waals surface area contributed by atoms with Gasteiger partial charge in [0.05, 0.1) is 0 Å². The molecule has 144 valence electrons. The minimum Gasteiger partial charge on any atom is -0.480 e. The zero-order valence-corrected chi connectivity index (χ0v) is 14.8. The number of sulfonamides is 1. The van der Waals surface area contributed by atoms with Crippen molar-refractivity contribution in [3.8, 4) is 0 Å². The summed E-state index contributed by atoms with van der Waals surface area (Å²) in [7, 11) is -4.29. The molecule has 1 unspecified atom stereocenters. The molecule has 2 aromatic carbocycles. The van der Waals surface area contributed by atoms with Crippen molar-refractivity contribution in [2.24, 2.45) is 0 Å². The van der Waals surface area contributed by atoms with E-state index < -0.39 is 45.4 Å². The van der Waals surface area contributed by atoms with Crippen molar-refractivity contribution in [2.75, 3.05) is 6.54 Å². The lowest BCUT2D eigenvalue weighted by molar-refractivity contribution is -0.139. The summed E-state index contributed by atoms with van der Waals surface area (Å²) in [6, 6.07) is 11.7. The van der Waals surface area contributed by atoms with Crippen molar-refractivity contribution in [1.82, 2.24) is 10.0 Å². The third-order valence-electron chi connectivity index (χ3n) is 3.41. The van der Waals surface area contributed by atoms with Crippen LogP contribution in [-0.2, 0) is 26.2 Å². The van der Waals surface area contributed by atoms with Gasteiger partial charge in [-0.15, -0.1) is 0 Å². The van der Waals surface area contributed by atoms with Gasteiger partial charge in [0, 0.05) is 6.54 Å². The number of carbonyl (C=O) groups is 2. The molecule has 0 heterocycles. The van der Waals surface area contributed by atoms with E-state index in [1.807, 2.05) is 10.0 Å². The number of alkyl carbamates (subject to hydrolysis) is 1. The maximum Gasteiger partial charge on any atom is 0.408 e. The van der Waals surface area contributed by atoms with E-state index in [1.165, 1.54) is 12.1 Å². The van der Waals surface area contributed by atoms with Crippen LogP contribution in [0.2, 0.25) is 0 Å². The summed E-state index contributed by atoms with van der Waals surface area (Å²) in [5, 5.41) is 11.2. The monoisotopic (exact) mass is 396 g/mol. The quantitative estimate of drug-likeness (QED) is 0.621. The molecule has 0 aliphatic carbocycles. The summed E-state index contributed by atoms with van der Waals surface area (Å²) in [5.41, 5.74) is 0.694. The molecule has 0 aliphatic rings. The van der Waals surface area contributed by atoms with Crippen LogP contribution in [0.3, 0.4) is 0 Å². The van der Waals surface area contributed by atoms with E-state index in [0.29, 0.717) is 5.56 Å². The van der Waals surface area contributed by atoms with Crippen molar-refractivity contribution in [3.05, 3.63) is 66.0 Å². The second-order valence-corrected chi connectivity index (χ2v) is 7.11. The van der Waals surface area contributed by atoms with Gasteiger partial charge in [-0.05, 0) is 17.7 Å².